The summed E-state index contributed by atoms with van der Waals surface area (Å²) in [6, 6.07) is 24.8. The molecule has 6 rings (SSSR count). The quantitative estimate of drug-likeness (QED) is 0.579. The van der Waals surface area contributed by atoms with E-state index in [9.17, 15) is 14.4 Å². The van der Waals surface area contributed by atoms with E-state index in [2.05, 4.69) is 0 Å². The van der Waals surface area contributed by atoms with Crippen molar-refractivity contribution in [1.29, 1.82) is 0 Å². The number of hydrazine groups is 1. The summed E-state index contributed by atoms with van der Waals surface area (Å²) in [5, 5.41) is 7.84. The van der Waals surface area contributed by atoms with Gasteiger partial charge in [0.25, 0.3) is 11.8 Å². The Morgan fingerprint density at radius 3 is 2.15 bits per heavy atom. The van der Waals surface area contributed by atoms with Crippen LogP contribution in [0.25, 0.3) is 0 Å². The zero-order valence-electron chi connectivity index (χ0n) is 17.8. The van der Waals surface area contributed by atoms with E-state index >= 15 is 0 Å². The molecule has 3 heterocycles. The number of likely N-dealkylation sites (N-methyl/N-ethyl adjacent to an activating group) is 1. The number of imide groups is 1. The van der Waals surface area contributed by atoms with Crippen LogP contribution in [0.1, 0.15) is 33.1 Å². The number of rotatable bonds is 2. The van der Waals surface area contributed by atoms with Gasteiger partial charge in [-0.25, -0.2) is 5.01 Å². The van der Waals surface area contributed by atoms with E-state index in [1.54, 1.807) is 29.4 Å². The summed E-state index contributed by atoms with van der Waals surface area (Å²) in [4.78, 5) is 41.2. The molecule has 0 aromatic heterocycles. The summed E-state index contributed by atoms with van der Waals surface area (Å²) in [7, 11) is 1.48. The molecule has 2 saturated heterocycles. The summed E-state index contributed by atoms with van der Waals surface area (Å²) in [5.41, 5.74) is 3.79. The lowest BCUT2D eigenvalue weighted by Gasteiger charge is -2.36. The second-order valence-corrected chi connectivity index (χ2v) is 8.39. The number of likely N-dealkylation sites (tertiary alicyclic amines) is 1. The first-order valence-electron chi connectivity index (χ1n) is 10.8. The van der Waals surface area contributed by atoms with Crippen LogP contribution in [0.5, 0.6) is 0 Å². The fourth-order valence-corrected chi connectivity index (χ4v) is 5.09. The van der Waals surface area contributed by atoms with Crippen molar-refractivity contribution in [2.24, 2.45) is 11.0 Å². The smallest absolute Gasteiger partial charge is 0.274 e. The fourth-order valence-electron chi connectivity index (χ4n) is 5.09. The van der Waals surface area contributed by atoms with E-state index in [1.807, 2.05) is 60.7 Å². The van der Waals surface area contributed by atoms with Crippen molar-refractivity contribution in [3.8, 4) is 0 Å². The van der Waals surface area contributed by atoms with Crippen LogP contribution in [-0.2, 0) is 9.59 Å². The van der Waals surface area contributed by atoms with Gasteiger partial charge < -0.3 is 0 Å². The molecule has 3 atom stereocenters. The van der Waals surface area contributed by atoms with Gasteiger partial charge in [-0.15, -0.1) is 0 Å². The number of amides is 3. The van der Waals surface area contributed by atoms with Gasteiger partial charge in [0, 0.05) is 23.7 Å². The minimum Gasteiger partial charge on any atom is -0.283 e. The van der Waals surface area contributed by atoms with Crippen LogP contribution in [0, 0.1) is 5.92 Å². The van der Waals surface area contributed by atoms with Crippen LogP contribution in [-0.4, -0.2) is 51.5 Å². The molecule has 162 valence electrons. The van der Waals surface area contributed by atoms with Gasteiger partial charge >= 0.3 is 0 Å². The molecule has 0 spiro atoms. The maximum atomic E-state index is 13.7. The predicted octanol–water partition coefficient (Wildman–Crippen LogP) is 2.85. The Hall–Kier alpha value is -4.26. The molecule has 33 heavy (non-hydrogen) atoms. The number of carbonyl (C=O) groups is 3. The number of fused-ring (bicyclic) bond motifs is 5. The molecule has 0 aliphatic carbocycles. The molecule has 3 amide bonds. The number of benzene rings is 3. The Morgan fingerprint density at radius 2 is 1.42 bits per heavy atom. The maximum absolute atomic E-state index is 13.7. The lowest BCUT2D eigenvalue weighted by molar-refractivity contribution is -0.142. The highest BCUT2D eigenvalue weighted by Gasteiger charge is 2.64. The minimum atomic E-state index is -0.938. The van der Waals surface area contributed by atoms with Gasteiger partial charge in [0.05, 0.1) is 11.6 Å². The molecule has 3 aliphatic rings. The normalized spacial score (nSPS) is 23.2. The lowest BCUT2D eigenvalue weighted by Crippen LogP contribution is -2.49. The van der Waals surface area contributed by atoms with E-state index in [0.29, 0.717) is 11.3 Å². The molecule has 0 saturated carbocycles. The van der Waals surface area contributed by atoms with Gasteiger partial charge in [0.2, 0.25) is 5.91 Å². The zero-order chi connectivity index (χ0) is 22.7. The third-order valence-corrected chi connectivity index (χ3v) is 6.63. The summed E-state index contributed by atoms with van der Waals surface area (Å²) in [6.45, 7) is 0. The van der Waals surface area contributed by atoms with Gasteiger partial charge in [0.1, 0.15) is 12.1 Å². The second-order valence-electron chi connectivity index (χ2n) is 8.39. The van der Waals surface area contributed by atoms with E-state index in [-0.39, 0.29) is 11.8 Å². The number of hydrogen-bond donors (Lipinski definition) is 0. The summed E-state index contributed by atoms with van der Waals surface area (Å²) >= 11 is 0. The first-order valence-corrected chi connectivity index (χ1v) is 10.8. The third-order valence-electron chi connectivity index (χ3n) is 6.63. The van der Waals surface area contributed by atoms with Crippen LogP contribution >= 0.6 is 0 Å². The molecule has 0 bridgehead atoms. The number of hydrazone groups is 1. The van der Waals surface area contributed by atoms with Crippen molar-refractivity contribution in [3.63, 3.8) is 0 Å². The predicted molar refractivity (Wildman–Crippen MR) is 121 cm³/mol. The van der Waals surface area contributed by atoms with Crippen LogP contribution in [0.15, 0.2) is 90.0 Å². The maximum Gasteiger partial charge on any atom is 0.274 e. The van der Waals surface area contributed by atoms with Crippen molar-refractivity contribution in [2.75, 3.05) is 7.05 Å². The van der Waals surface area contributed by atoms with Gasteiger partial charge in [-0.2, -0.15) is 10.2 Å². The standard InChI is InChI=1S/C26H20N4O3/c1-28-25(32)20-22-19-15-9-8-14-18(19)21(16-10-4-2-5-11-16)27-30(22)29(23(20)26(28)33)24(31)17-12-6-3-7-13-17/h2-15,20,22-23H,1H3. The topological polar surface area (TPSA) is 73.3 Å². The molecule has 7 heteroatoms. The Labute approximate surface area is 190 Å². The van der Waals surface area contributed by atoms with Crippen molar-refractivity contribution in [3.05, 3.63) is 107 Å². The fraction of sp³-hybridized carbons (Fsp3) is 0.154. The third kappa shape index (κ3) is 2.68. The molecule has 0 N–H and O–H groups in total. The van der Waals surface area contributed by atoms with Gasteiger partial charge in [0.15, 0.2) is 0 Å². The molecule has 3 aromatic rings. The molecule has 2 fully saturated rings. The van der Waals surface area contributed by atoms with Crippen molar-refractivity contribution in [1.82, 2.24) is 15.0 Å². The van der Waals surface area contributed by atoms with E-state index in [4.69, 9.17) is 5.10 Å². The average Bonchev–Trinajstić information content (AvgIpc) is 3.32. The van der Waals surface area contributed by atoms with E-state index in [1.165, 1.54) is 12.1 Å². The second kappa shape index (κ2) is 7.13. The Morgan fingerprint density at radius 1 is 0.788 bits per heavy atom. The molecular weight excluding hydrogens is 416 g/mol. The van der Waals surface area contributed by atoms with E-state index in [0.717, 1.165) is 21.6 Å². The number of hydrogen-bond acceptors (Lipinski definition) is 5. The highest BCUT2D eigenvalue weighted by molar-refractivity contribution is 6.15. The highest BCUT2D eigenvalue weighted by Crippen LogP contribution is 2.49. The number of carbonyl (C=O) groups excluding carboxylic acids is 3. The van der Waals surface area contributed by atoms with Crippen LogP contribution in [0.3, 0.4) is 0 Å². The monoisotopic (exact) mass is 436 g/mol. The Bertz CT molecular complexity index is 1320. The lowest BCUT2D eigenvalue weighted by atomic mass is 9.85. The first kappa shape index (κ1) is 19.4. The molecular formula is C26H20N4O3. The van der Waals surface area contributed by atoms with E-state index < -0.39 is 23.9 Å². The number of nitrogens with zero attached hydrogens (tertiary/aromatic N) is 4. The molecule has 0 radical (unpaired) electrons. The molecule has 7 nitrogen and oxygen atoms in total. The largest absolute Gasteiger partial charge is 0.283 e. The van der Waals surface area contributed by atoms with Crippen molar-refractivity contribution < 1.29 is 14.4 Å². The van der Waals surface area contributed by atoms with Crippen molar-refractivity contribution in [2.45, 2.75) is 12.1 Å². The summed E-state index contributed by atoms with van der Waals surface area (Å²) in [5.74, 6) is -1.77. The Kier molecular flexibility index (Phi) is 4.20. The minimum absolute atomic E-state index is 0.295. The first-order chi connectivity index (χ1) is 16.1. The Balaban J connectivity index is 1.58. The molecule has 3 aliphatic heterocycles. The summed E-state index contributed by atoms with van der Waals surface area (Å²) in [6.07, 6.45) is 0. The van der Waals surface area contributed by atoms with Gasteiger partial charge in [-0.05, 0) is 17.7 Å². The van der Waals surface area contributed by atoms with Gasteiger partial charge in [-0.3, -0.25) is 19.3 Å². The van der Waals surface area contributed by atoms with Crippen molar-refractivity contribution >= 4 is 23.4 Å². The zero-order valence-corrected chi connectivity index (χ0v) is 17.8. The molecule has 3 aromatic carbocycles. The summed E-state index contributed by atoms with van der Waals surface area (Å²) < 4.78 is 0. The average molecular weight is 436 g/mol. The van der Waals surface area contributed by atoms with Crippen LogP contribution in [0.2, 0.25) is 0 Å². The van der Waals surface area contributed by atoms with Crippen LogP contribution < -0.4 is 0 Å². The van der Waals surface area contributed by atoms with Gasteiger partial charge in [-0.1, -0.05) is 72.8 Å². The highest BCUT2D eigenvalue weighted by atomic mass is 16.2. The SMILES string of the molecule is CN1C(=O)C2C3c4ccccc4C(c4ccccc4)=NN3N(C(=O)c3ccccc3)C2C1=O. The van der Waals surface area contributed by atoms with Crippen LogP contribution in [0.4, 0.5) is 0 Å². The molecule has 3 unspecified atom stereocenters.